The van der Waals surface area contributed by atoms with E-state index in [2.05, 4.69) is 16.9 Å². The van der Waals surface area contributed by atoms with Crippen LogP contribution < -0.4 is 16.1 Å². The predicted molar refractivity (Wildman–Crippen MR) is 80.2 cm³/mol. The molecule has 0 aromatic carbocycles. The lowest BCUT2D eigenvalue weighted by Gasteiger charge is -2.09. The molecule has 2 aromatic rings. The van der Waals surface area contributed by atoms with Gasteiger partial charge in [0.2, 0.25) is 11.6 Å². The number of fused-ring (bicyclic) bond motifs is 1. The Morgan fingerprint density at radius 1 is 1.32 bits per heavy atom. The number of hydrogen-bond acceptors (Lipinski definition) is 5. The average molecular weight is 310 g/mol. The van der Waals surface area contributed by atoms with Gasteiger partial charge < -0.3 is 9.15 Å². The summed E-state index contributed by atoms with van der Waals surface area (Å²) >= 11 is 0. The Bertz CT molecular complexity index is 733. The van der Waals surface area contributed by atoms with Crippen LogP contribution in [0, 0.1) is 0 Å². The SMILES string of the molecule is CCCCCCc1cc(=O)oc2[nH]c(=O)nc(OCCF)c12. The summed E-state index contributed by atoms with van der Waals surface area (Å²) in [5.74, 6) is 0.00522. The van der Waals surface area contributed by atoms with Crippen molar-refractivity contribution in [2.45, 2.75) is 39.0 Å². The minimum Gasteiger partial charge on any atom is -0.474 e. The van der Waals surface area contributed by atoms with Crippen molar-refractivity contribution in [1.82, 2.24) is 9.97 Å². The van der Waals surface area contributed by atoms with Gasteiger partial charge in [-0.25, -0.2) is 14.0 Å². The Morgan fingerprint density at radius 3 is 2.86 bits per heavy atom. The largest absolute Gasteiger partial charge is 0.474 e. The molecule has 0 atom stereocenters. The van der Waals surface area contributed by atoms with Crippen molar-refractivity contribution < 1.29 is 13.5 Å². The van der Waals surface area contributed by atoms with E-state index in [9.17, 15) is 14.0 Å². The second-order valence-electron chi connectivity index (χ2n) is 4.99. The molecule has 6 nitrogen and oxygen atoms in total. The highest BCUT2D eigenvalue weighted by molar-refractivity contribution is 5.82. The molecule has 2 aromatic heterocycles. The summed E-state index contributed by atoms with van der Waals surface area (Å²) in [7, 11) is 0. The van der Waals surface area contributed by atoms with E-state index < -0.39 is 18.0 Å². The van der Waals surface area contributed by atoms with Crippen LogP contribution >= 0.6 is 0 Å². The van der Waals surface area contributed by atoms with Crippen LogP contribution in [0.5, 0.6) is 5.88 Å². The molecule has 0 bridgehead atoms. The molecule has 0 amide bonds. The fraction of sp³-hybridized carbons (Fsp3) is 0.533. The lowest BCUT2D eigenvalue weighted by atomic mass is 10.0. The van der Waals surface area contributed by atoms with Gasteiger partial charge >= 0.3 is 11.3 Å². The Labute approximate surface area is 126 Å². The molecule has 22 heavy (non-hydrogen) atoms. The Hall–Kier alpha value is -2.18. The molecule has 2 heterocycles. The Kier molecular flexibility index (Phi) is 5.68. The van der Waals surface area contributed by atoms with Crippen LogP contribution in [0.2, 0.25) is 0 Å². The fourth-order valence-corrected chi connectivity index (χ4v) is 2.32. The number of halogens is 1. The lowest BCUT2D eigenvalue weighted by molar-refractivity contribution is 0.266. The van der Waals surface area contributed by atoms with E-state index in [4.69, 9.17) is 9.15 Å². The summed E-state index contributed by atoms with van der Waals surface area (Å²) in [6.45, 7) is 1.21. The standard InChI is InChI=1S/C15H19FN2O4/c1-2-3-4-5-6-10-9-11(19)22-14-12(10)13(21-8-7-16)17-15(20)18-14/h9H,2-8H2,1H3,(H,17,18,20). The van der Waals surface area contributed by atoms with E-state index >= 15 is 0 Å². The summed E-state index contributed by atoms with van der Waals surface area (Å²) in [5.41, 5.74) is -0.532. The van der Waals surface area contributed by atoms with E-state index in [1.54, 1.807) is 0 Å². The first-order valence-corrected chi connectivity index (χ1v) is 7.41. The first-order valence-electron chi connectivity index (χ1n) is 7.41. The highest BCUT2D eigenvalue weighted by Crippen LogP contribution is 2.24. The molecule has 0 spiro atoms. The zero-order valence-corrected chi connectivity index (χ0v) is 12.5. The van der Waals surface area contributed by atoms with Gasteiger partial charge in [-0.1, -0.05) is 26.2 Å². The zero-order chi connectivity index (χ0) is 15.9. The molecule has 7 heteroatoms. The molecule has 0 unspecified atom stereocenters. The van der Waals surface area contributed by atoms with Gasteiger partial charge in [0.15, 0.2) is 0 Å². The topological polar surface area (TPSA) is 85.2 Å². The van der Waals surface area contributed by atoms with E-state index in [-0.39, 0.29) is 18.2 Å². The molecule has 0 aliphatic carbocycles. The van der Waals surface area contributed by atoms with Crippen LogP contribution in [0.15, 0.2) is 20.1 Å². The van der Waals surface area contributed by atoms with Crippen molar-refractivity contribution in [1.29, 1.82) is 0 Å². The van der Waals surface area contributed by atoms with Crippen LogP contribution in [-0.4, -0.2) is 23.2 Å². The molecular weight excluding hydrogens is 291 g/mol. The van der Waals surface area contributed by atoms with Crippen molar-refractivity contribution in [3.05, 3.63) is 32.5 Å². The van der Waals surface area contributed by atoms with Crippen LogP contribution in [0.25, 0.3) is 11.1 Å². The molecule has 0 saturated heterocycles. The molecule has 1 N–H and O–H groups in total. The van der Waals surface area contributed by atoms with Gasteiger partial charge in [-0.3, -0.25) is 4.98 Å². The van der Waals surface area contributed by atoms with Gasteiger partial charge in [0.25, 0.3) is 0 Å². The third-order valence-corrected chi connectivity index (χ3v) is 3.30. The number of ether oxygens (including phenoxy) is 1. The molecular formula is C15H19FN2O4. The predicted octanol–water partition coefficient (Wildman–Crippen LogP) is 2.35. The van der Waals surface area contributed by atoms with Crippen LogP contribution in [0.3, 0.4) is 0 Å². The molecule has 0 saturated carbocycles. The van der Waals surface area contributed by atoms with Crippen LogP contribution in [0.1, 0.15) is 38.2 Å². The second-order valence-corrected chi connectivity index (χ2v) is 4.99. The van der Waals surface area contributed by atoms with Gasteiger partial charge in [0.1, 0.15) is 18.7 Å². The van der Waals surface area contributed by atoms with Crippen molar-refractivity contribution in [2.24, 2.45) is 0 Å². The number of nitrogens with zero attached hydrogens (tertiary/aromatic N) is 1. The number of aryl methyl sites for hydroxylation is 1. The average Bonchev–Trinajstić information content (AvgIpc) is 2.48. The van der Waals surface area contributed by atoms with Gasteiger partial charge in [0, 0.05) is 6.07 Å². The minimum atomic E-state index is -0.701. The van der Waals surface area contributed by atoms with Gasteiger partial charge in [-0.05, 0) is 18.4 Å². The van der Waals surface area contributed by atoms with E-state index in [0.29, 0.717) is 17.4 Å². The number of aromatic amines is 1. The van der Waals surface area contributed by atoms with E-state index in [1.165, 1.54) is 6.07 Å². The van der Waals surface area contributed by atoms with Gasteiger partial charge in [-0.15, -0.1) is 0 Å². The number of nitrogens with one attached hydrogen (secondary N) is 1. The zero-order valence-electron chi connectivity index (χ0n) is 12.5. The molecule has 0 aliphatic heterocycles. The van der Waals surface area contributed by atoms with Crippen molar-refractivity contribution in [2.75, 3.05) is 13.3 Å². The molecule has 2 rings (SSSR count). The summed E-state index contributed by atoms with van der Waals surface area (Å²) in [6.07, 6.45) is 4.79. The third kappa shape index (κ3) is 3.93. The monoisotopic (exact) mass is 310 g/mol. The molecule has 0 fully saturated rings. The van der Waals surface area contributed by atoms with Crippen molar-refractivity contribution >= 4 is 11.1 Å². The lowest BCUT2D eigenvalue weighted by Crippen LogP contribution is -2.16. The first kappa shape index (κ1) is 16.2. The van der Waals surface area contributed by atoms with E-state index in [1.807, 2.05) is 0 Å². The van der Waals surface area contributed by atoms with Crippen molar-refractivity contribution in [3.63, 3.8) is 0 Å². The van der Waals surface area contributed by atoms with Gasteiger partial charge in [0.05, 0.1) is 0 Å². The summed E-state index contributed by atoms with van der Waals surface area (Å²) < 4.78 is 22.5. The smallest absolute Gasteiger partial charge is 0.351 e. The maximum atomic E-state index is 12.3. The quantitative estimate of drug-likeness (QED) is 0.756. The molecule has 0 aliphatic rings. The molecule has 0 radical (unpaired) electrons. The number of unbranched alkanes of at least 4 members (excludes halogenated alkanes) is 3. The number of alkyl halides is 1. The second kappa shape index (κ2) is 7.72. The normalized spacial score (nSPS) is 11.0. The number of hydrogen-bond donors (Lipinski definition) is 1. The number of rotatable bonds is 8. The maximum Gasteiger partial charge on any atom is 0.351 e. The van der Waals surface area contributed by atoms with Crippen molar-refractivity contribution in [3.8, 4) is 5.88 Å². The van der Waals surface area contributed by atoms with Crippen LogP contribution in [0.4, 0.5) is 4.39 Å². The first-order chi connectivity index (χ1) is 10.7. The van der Waals surface area contributed by atoms with E-state index in [0.717, 1.165) is 25.7 Å². The third-order valence-electron chi connectivity index (χ3n) is 3.30. The minimum absolute atomic E-state index is 0.00522. The van der Waals surface area contributed by atoms with Crippen LogP contribution in [-0.2, 0) is 6.42 Å². The summed E-state index contributed by atoms with van der Waals surface area (Å²) in [5, 5.41) is 0.434. The fourth-order valence-electron chi connectivity index (χ4n) is 2.32. The summed E-state index contributed by atoms with van der Waals surface area (Å²) in [6, 6.07) is 1.37. The highest BCUT2D eigenvalue weighted by atomic mass is 19.1. The number of H-pyrrole nitrogens is 1. The van der Waals surface area contributed by atoms with Gasteiger partial charge in [-0.2, -0.15) is 4.98 Å². The Morgan fingerprint density at radius 2 is 2.14 bits per heavy atom. The maximum absolute atomic E-state index is 12.3. The molecule has 120 valence electrons. The Balaban J connectivity index is 2.44. The number of aromatic nitrogens is 2. The summed E-state index contributed by atoms with van der Waals surface area (Å²) in [4.78, 5) is 29.2. The highest BCUT2D eigenvalue weighted by Gasteiger charge is 2.14.